The van der Waals surface area contributed by atoms with Crippen LogP contribution < -0.4 is 49.1 Å². The summed E-state index contributed by atoms with van der Waals surface area (Å²) in [7, 11) is 3.41. The third kappa shape index (κ3) is 16.8. The summed E-state index contributed by atoms with van der Waals surface area (Å²) in [4.78, 5) is 127. The summed E-state index contributed by atoms with van der Waals surface area (Å²) in [5.74, 6) is -7.05. The highest BCUT2D eigenvalue weighted by Crippen LogP contribution is 2.26. The second-order valence-corrected chi connectivity index (χ2v) is 22.9. The highest BCUT2D eigenvalue weighted by molar-refractivity contribution is 8.76. The number of rotatable bonds is 18. The average molecular weight is 1170 g/mol. The van der Waals surface area contributed by atoms with Gasteiger partial charge in [0, 0.05) is 89.4 Å². The van der Waals surface area contributed by atoms with Gasteiger partial charge in [0.2, 0.25) is 47.3 Å². The number of carbonyl (C=O) groups excluding carboxylic acids is 8. The van der Waals surface area contributed by atoms with E-state index in [1.165, 1.54) is 20.2 Å². The van der Waals surface area contributed by atoms with Crippen molar-refractivity contribution in [3.8, 4) is 0 Å². The number of hydrogen-bond acceptors (Lipinski definition) is 14. The molecule has 15 N–H and O–H groups in total. The van der Waals surface area contributed by atoms with Gasteiger partial charge in [-0.25, -0.2) is 0 Å². The van der Waals surface area contributed by atoms with Crippen LogP contribution in [0.15, 0.2) is 110 Å². The van der Waals surface area contributed by atoms with Gasteiger partial charge in [0.25, 0.3) is 0 Å². The lowest BCUT2D eigenvalue weighted by atomic mass is 10.00. The Hall–Kier alpha value is -7.48. The molecular formula is C56H68ClN13O9S2. The number of primary amides is 1. The van der Waals surface area contributed by atoms with E-state index in [1.54, 1.807) is 55.0 Å². The second kappa shape index (κ2) is 29.3. The number of halogens is 1. The van der Waals surface area contributed by atoms with E-state index in [0.29, 0.717) is 40.1 Å². The molecule has 25 heteroatoms. The molecule has 1 aliphatic rings. The maximum Gasteiger partial charge on any atom is 0.245 e. The molecule has 81 heavy (non-hydrogen) atoms. The van der Waals surface area contributed by atoms with E-state index >= 15 is 4.79 Å². The van der Waals surface area contributed by atoms with Crippen LogP contribution in [0.4, 0.5) is 0 Å². The number of aliphatic hydroxyl groups excluding tert-OH is 1. The third-order valence-corrected chi connectivity index (χ3v) is 16.6. The first-order valence-corrected chi connectivity index (χ1v) is 29.3. The molecule has 7 rings (SSSR count). The lowest BCUT2D eigenvalue weighted by molar-refractivity contribution is -0.143. The molecule has 0 saturated carbocycles. The molecule has 0 spiro atoms. The quantitative estimate of drug-likeness (QED) is 0.0428. The fourth-order valence-electron chi connectivity index (χ4n) is 9.39. The number of unbranched alkanes of at least 4 members (excludes halogenated alkanes) is 1. The van der Waals surface area contributed by atoms with Crippen LogP contribution in [0.5, 0.6) is 0 Å². The molecule has 3 aromatic heterocycles. The van der Waals surface area contributed by atoms with Crippen molar-refractivity contribution in [3.05, 3.63) is 137 Å². The summed E-state index contributed by atoms with van der Waals surface area (Å²) in [6.45, 7) is 1.52. The number of amides is 8. The zero-order valence-corrected chi connectivity index (χ0v) is 47.1. The molecule has 22 nitrogen and oxygen atoms in total. The zero-order valence-electron chi connectivity index (χ0n) is 44.7. The molecule has 1 fully saturated rings. The number of H-pyrrole nitrogens is 2. The summed E-state index contributed by atoms with van der Waals surface area (Å²) in [6.07, 6.45) is 5.54. The number of para-hydroxylation sites is 2. The minimum Gasteiger partial charge on any atom is -0.391 e. The van der Waals surface area contributed by atoms with Crippen molar-refractivity contribution in [1.82, 2.24) is 51.8 Å². The Bertz CT molecular complexity index is 3160. The van der Waals surface area contributed by atoms with E-state index < -0.39 is 102 Å². The average Bonchev–Trinajstić information content (AvgIpc) is 4.26. The van der Waals surface area contributed by atoms with E-state index in [1.807, 2.05) is 48.5 Å². The number of carbonyl (C=O) groups is 8. The van der Waals surface area contributed by atoms with Gasteiger partial charge in [-0.1, -0.05) is 87.8 Å². The molecule has 0 aliphatic carbocycles. The molecule has 430 valence electrons. The molecule has 0 radical (unpaired) electrons. The van der Waals surface area contributed by atoms with Gasteiger partial charge >= 0.3 is 0 Å². The Morgan fingerprint density at radius 1 is 0.765 bits per heavy atom. The number of pyridine rings is 1. The van der Waals surface area contributed by atoms with Gasteiger partial charge < -0.3 is 69.1 Å². The van der Waals surface area contributed by atoms with Crippen LogP contribution in [0.2, 0.25) is 5.02 Å². The summed E-state index contributed by atoms with van der Waals surface area (Å²) >= 11 is 6.10. The Kier molecular flexibility index (Phi) is 22.1. The number of nitrogens with zero attached hydrogens (tertiary/aromatic N) is 2. The van der Waals surface area contributed by atoms with Gasteiger partial charge in [0.15, 0.2) is 0 Å². The maximum absolute atomic E-state index is 15.2. The Labute approximate surface area is 480 Å². The smallest absolute Gasteiger partial charge is 0.245 e. The summed E-state index contributed by atoms with van der Waals surface area (Å²) in [6, 6.07) is 13.7. The summed E-state index contributed by atoms with van der Waals surface area (Å²) in [5, 5.41) is 29.6. The number of aromatic nitrogens is 3. The van der Waals surface area contributed by atoms with Crippen molar-refractivity contribution in [1.29, 1.82) is 0 Å². The fraction of sp³-hybridized carbons (Fsp3) is 0.375. The van der Waals surface area contributed by atoms with Gasteiger partial charge in [-0.2, -0.15) is 0 Å². The first-order chi connectivity index (χ1) is 38.9. The zero-order chi connectivity index (χ0) is 58.2. The van der Waals surface area contributed by atoms with Gasteiger partial charge in [-0.05, 0) is 91.7 Å². The van der Waals surface area contributed by atoms with Crippen molar-refractivity contribution in [2.45, 2.75) is 106 Å². The standard InChI is InChI=1S/C56H68ClN13O9S2/c1-31(71)48-55(78)68-46(52(75)64-42(49(60)72)24-34-27-62-40-13-5-3-11-37(34)40)30-81-80-29-45(67-50(73)39(59)22-32-16-18-36(57)19-17-32)53(76)65-43(23-33-10-9-21-61-26-33)51(74)66-44(25-35-28-63-41-14-6-4-12-38(35)41)56(79)70(2)47(54(77)69-48)15-7-8-20-58/h3-6,9-14,16-19,21,26-28,31,39,42-48,62-63,71H,7-8,15,20,22-25,29-30,58-59H2,1-2H3,(H2,60,72)(H,64,75)(H,65,76)(H,66,74)(H,67,73)(H,68,78)(H,69,77)/t31-,39+,42-,43+,44-,45-,46+,47+,48+/m1/s1. The maximum atomic E-state index is 15.2. The topological polar surface area (TPSA) is 355 Å². The number of fused-ring (bicyclic) bond motifs is 2. The predicted molar refractivity (Wildman–Crippen MR) is 312 cm³/mol. The second-order valence-electron chi connectivity index (χ2n) is 19.9. The monoisotopic (exact) mass is 1170 g/mol. The highest BCUT2D eigenvalue weighted by atomic mass is 35.5. The van der Waals surface area contributed by atoms with E-state index in [4.69, 9.17) is 28.8 Å². The molecule has 1 aliphatic heterocycles. The molecule has 3 aromatic carbocycles. The summed E-state index contributed by atoms with van der Waals surface area (Å²) < 4.78 is 0. The van der Waals surface area contributed by atoms with Crippen LogP contribution in [0, 0.1) is 0 Å². The minimum atomic E-state index is -1.70. The number of nitrogens with one attached hydrogen (secondary N) is 8. The first kappa shape index (κ1) is 61.1. The molecule has 0 unspecified atom stereocenters. The van der Waals surface area contributed by atoms with Gasteiger partial charge in [0.1, 0.15) is 42.3 Å². The van der Waals surface area contributed by atoms with Crippen molar-refractivity contribution in [2.75, 3.05) is 25.1 Å². The van der Waals surface area contributed by atoms with Crippen molar-refractivity contribution < 1.29 is 43.5 Å². The number of nitrogens with two attached hydrogens (primary N) is 3. The minimum absolute atomic E-state index is 0.0309. The van der Waals surface area contributed by atoms with Crippen LogP contribution >= 0.6 is 33.2 Å². The van der Waals surface area contributed by atoms with Gasteiger partial charge in [-0.3, -0.25) is 43.3 Å². The lowest BCUT2D eigenvalue weighted by Gasteiger charge is -2.33. The number of aromatic amines is 2. The van der Waals surface area contributed by atoms with E-state index in [9.17, 15) is 38.7 Å². The fourth-order valence-corrected chi connectivity index (χ4v) is 11.8. The van der Waals surface area contributed by atoms with Crippen molar-refractivity contribution in [2.24, 2.45) is 17.2 Å². The third-order valence-electron chi connectivity index (χ3n) is 13.9. The molecule has 9 atom stereocenters. The Balaban J connectivity index is 1.26. The van der Waals surface area contributed by atoms with E-state index in [2.05, 4.69) is 46.9 Å². The van der Waals surface area contributed by atoms with Gasteiger partial charge in [0.05, 0.1) is 12.1 Å². The molecule has 8 amide bonds. The Morgan fingerprint density at radius 3 is 2.07 bits per heavy atom. The highest BCUT2D eigenvalue weighted by Gasteiger charge is 2.39. The number of aliphatic hydroxyl groups is 1. The van der Waals surface area contributed by atoms with Crippen LogP contribution in [0.1, 0.15) is 48.4 Å². The van der Waals surface area contributed by atoms with Crippen LogP contribution in [0.25, 0.3) is 21.8 Å². The van der Waals surface area contributed by atoms with Crippen molar-refractivity contribution in [3.63, 3.8) is 0 Å². The normalized spacial score (nSPS) is 21.2. The number of benzene rings is 3. The molecule has 0 bridgehead atoms. The predicted octanol–water partition coefficient (Wildman–Crippen LogP) is 1.42. The van der Waals surface area contributed by atoms with Gasteiger partial charge in [-0.15, -0.1) is 0 Å². The van der Waals surface area contributed by atoms with Crippen molar-refractivity contribution >= 4 is 102 Å². The van der Waals surface area contributed by atoms with Crippen LogP contribution in [-0.4, -0.2) is 152 Å². The van der Waals surface area contributed by atoms with Crippen LogP contribution in [0.3, 0.4) is 0 Å². The Morgan fingerprint density at radius 2 is 1.42 bits per heavy atom. The van der Waals surface area contributed by atoms with E-state index in [0.717, 1.165) is 48.3 Å². The van der Waals surface area contributed by atoms with E-state index in [-0.39, 0.29) is 50.2 Å². The largest absolute Gasteiger partial charge is 0.391 e. The number of likely N-dealkylation sites (N-methyl/N-ethyl adjacent to an activating group) is 1. The first-order valence-electron chi connectivity index (χ1n) is 26.4. The molecule has 4 heterocycles. The molecule has 1 saturated heterocycles. The molecular weight excluding hydrogens is 1100 g/mol. The SMILES string of the molecule is C[C@@H](O)[C@@H]1NC(=O)[C@H](CCCCN)N(C)C(=O)[C@@H](Cc2c[nH]c3ccccc23)NC(=O)[C@H](Cc2cccnc2)NC(=O)[C@H](NC(=O)[C@@H](N)Cc2ccc(Cl)cc2)CSSC[C@@H](C(=O)N[C@H](Cc2c[nH]c3ccccc23)C(N)=O)NC1=O. The number of hydrogen-bond donors (Lipinski definition) is 12. The summed E-state index contributed by atoms with van der Waals surface area (Å²) in [5.41, 5.74) is 22.3. The lowest BCUT2D eigenvalue weighted by Crippen LogP contribution is -2.62. The molecule has 6 aromatic rings. The van der Waals surface area contributed by atoms with Crippen LogP contribution in [-0.2, 0) is 64.0 Å².